The fourth-order valence-corrected chi connectivity index (χ4v) is 6.45. The fourth-order valence-electron chi connectivity index (χ4n) is 6.45. The molecule has 3 heterocycles. The first-order valence-electron chi connectivity index (χ1n) is 17.1. The number of hydrogen-bond acceptors (Lipinski definition) is 8. The zero-order chi connectivity index (χ0) is 36.2. The molecule has 0 aromatic heterocycles. The Kier molecular flexibility index (Phi) is 9.62. The topological polar surface area (TPSA) is 101 Å². The Labute approximate surface area is 303 Å². The highest BCUT2D eigenvalue weighted by atomic mass is 16.5. The van der Waals surface area contributed by atoms with Gasteiger partial charge in [-0.25, -0.2) is 0 Å². The van der Waals surface area contributed by atoms with Gasteiger partial charge in [-0.15, -0.1) is 0 Å². The van der Waals surface area contributed by atoms with Crippen molar-refractivity contribution in [1.82, 2.24) is 0 Å². The monoisotopic (exact) mass is 686 g/mol. The molecule has 0 saturated carbocycles. The number of nitrogens with one attached hydrogen (secondary N) is 2. The standard InChI is InChI=1S/C44H38N4O4/c1-27-41-28(2)46-39-20-7-8-21-40(39)48-30(4)42(29(3)47-38-19-6-5-18-37(38)45-27)44(50)34-15-11-17-36(24-34)52-26-32-13-9-12-31(22-32)25-51-35-16-10-14-33(23-35)43(41)49/h5-24,45,48H,25-26H2,1-4H3/b41-27+,42-30?,46-28?,47-29?. The molecule has 3 aliphatic heterocycles. The summed E-state index contributed by atoms with van der Waals surface area (Å²) in [7, 11) is 0. The van der Waals surface area contributed by atoms with Crippen LogP contribution in [-0.4, -0.2) is 23.0 Å². The van der Waals surface area contributed by atoms with Gasteiger partial charge in [0.25, 0.3) is 0 Å². The number of anilines is 2. The summed E-state index contributed by atoms with van der Waals surface area (Å²) in [6.07, 6.45) is 0. The number of Topliss-reactive ketones (excluding diaryl/α,β-unsaturated/α-hetero) is 2. The van der Waals surface area contributed by atoms with E-state index in [1.54, 1.807) is 24.3 Å². The van der Waals surface area contributed by atoms with Gasteiger partial charge in [0.1, 0.15) is 24.7 Å². The maximum absolute atomic E-state index is 14.5. The van der Waals surface area contributed by atoms with Crippen LogP contribution < -0.4 is 20.1 Å². The molecule has 8 heteroatoms. The van der Waals surface area contributed by atoms with Gasteiger partial charge in [-0.3, -0.25) is 19.6 Å². The number of carbonyl (C=O) groups excluding carboxylic acids is 2. The number of aliphatic imine (C=N–C) groups is 2. The van der Waals surface area contributed by atoms with E-state index in [1.807, 2.05) is 125 Å². The molecule has 5 aromatic carbocycles. The van der Waals surface area contributed by atoms with E-state index in [0.717, 1.165) is 11.1 Å². The summed E-state index contributed by atoms with van der Waals surface area (Å²) in [5.41, 5.74) is 8.38. The Morgan fingerprint density at radius 2 is 0.923 bits per heavy atom. The second-order valence-corrected chi connectivity index (χ2v) is 12.8. The lowest BCUT2D eigenvalue weighted by Gasteiger charge is -2.19. The molecule has 3 aliphatic rings. The van der Waals surface area contributed by atoms with Crippen molar-refractivity contribution in [2.24, 2.45) is 9.98 Å². The Morgan fingerprint density at radius 3 is 1.38 bits per heavy atom. The number of nitrogens with zero attached hydrogens (tertiary/aromatic N) is 2. The largest absolute Gasteiger partial charge is 0.489 e. The summed E-state index contributed by atoms with van der Waals surface area (Å²) in [5.74, 6) is 0.706. The van der Waals surface area contributed by atoms with Crippen LogP contribution >= 0.6 is 0 Å². The third-order valence-electron chi connectivity index (χ3n) is 8.95. The van der Waals surface area contributed by atoms with Crippen molar-refractivity contribution in [3.8, 4) is 11.5 Å². The Bertz CT molecular complexity index is 2190. The number of hydrogen-bond donors (Lipinski definition) is 2. The van der Waals surface area contributed by atoms with Gasteiger partial charge < -0.3 is 20.1 Å². The van der Waals surface area contributed by atoms with E-state index in [4.69, 9.17) is 19.5 Å². The van der Waals surface area contributed by atoms with Gasteiger partial charge in [0, 0.05) is 22.5 Å². The molecule has 8 bridgehead atoms. The van der Waals surface area contributed by atoms with Crippen LogP contribution in [0.5, 0.6) is 11.5 Å². The van der Waals surface area contributed by atoms with Crippen LogP contribution in [0.1, 0.15) is 59.5 Å². The molecule has 0 atom stereocenters. The third kappa shape index (κ3) is 7.32. The van der Waals surface area contributed by atoms with E-state index < -0.39 is 0 Å². The second kappa shape index (κ2) is 14.7. The van der Waals surface area contributed by atoms with E-state index in [0.29, 0.717) is 92.6 Å². The first-order chi connectivity index (χ1) is 25.2. The number of ketones is 2. The first-order valence-corrected chi connectivity index (χ1v) is 17.1. The smallest absolute Gasteiger partial charge is 0.196 e. The van der Waals surface area contributed by atoms with Crippen LogP contribution in [0.15, 0.2) is 154 Å². The molecule has 8 nitrogen and oxygen atoms in total. The summed E-state index contributed by atoms with van der Waals surface area (Å²) in [6.45, 7) is 7.98. The lowest BCUT2D eigenvalue weighted by atomic mass is 9.97. The van der Waals surface area contributed by atoms with Gasteiger partial charge in [0.15, 0.2) is 11.6 Å². The molecule has 5 aromatic rings. The number of allylic oxidation sites excluding steroid dienone is 4. The molecule has 52 heavy (non-hydrogen) atoms. The number of rotatable bonds is 0. The molecule has 0 fully saturated rings. The van der Waals surface area contributed by atoms with E-state index in [1.165, 1.54) is 0 Å². The SMILES string of the molecule is CC1=Nc2ccccc2N/C(C)=C2/C(=O)c3cccc(c3)OCc3cccc(c3)COc3cccc(c3)C(=O)C1=C(C)Nc1ccccc1N=C2C. The maximum Gasteiger partial charge on any atom is 0.196 e. The summed E-state index contributed by atoms with van der Waals surface area (Å²) in [5, 5.41) is 6.93. The van der Waals surface area contributed by atoms with Gasteiger partial charge >= 0.3 is 0 Å². The molecule has 0 aliphatic carbocycles. The van der Waals surface area contributed by atoms with Gasteiger partial charge in [0.2, 0.25) is 0 Å². The molecule has 0 unspecified atom stereocenters. The molecule has 0 spiro atoms. The summed E-state index contributed by atoms with van der Waals surface area (Å²) < 4.78 is 12.4. The molecule has 8 rings (SSSR count). The lowest BCUT2D eigenvalue weighted by molar-refractivity contribution is 0.103. The van der Waals surface area contributed by atoms with Crippen molar-refractivity contribution in [2.45, 2.75) is 40.9 Å². The second-order valence-electron chi connectivity index (χ2n) is 12.8. The Balaban J connectivity index is 1.47. The zero-order valence-corrected chi connectivity index (χ0v) is 29.5. The van der Waals surface area contributed by atoms with Crippen LogP contribution in [0.3, 0.4) is 0 Å². The summed E-state index contributed by atoms with van der Waals surface area (Å²) in [4.78, 5) is 39.1. The van der Waals surface area contributed by atoms with Crippen molar-refractivity contribution >= 4 is 45.7 Å². The fraction of sp³-hybridized carbons (Fsp3) is 0.136. The van der Waals surface area contributed by atoms with Crippen molar-refractivity contribution in [1.29, 1.82) is 0 Å². The quantitative estimate of drug-likeness (QED) is 0.168. The minimum atomic E-state index is -0.213. The average molecular weight is 687 g/mol. The predicted octanol–water partition coefficient (Wildman–Crippen LogP) is 10.2. The van der Waals surface area contributed by atoms with Crippen LogP contribution in [0.4, 0.5) is 22.7 Å². The van der Waals surface area contributed by atoms with Crippen molar-refractivity contribution < 1.29 is 19.1 Å². The molecule has 258 valence electrons. The van der Waals surface area contributed by atoms with E-state index in [-0.39, 0.29) is 11.6 Å². The molecular formula is C44H38N4O4. The molecule has 0 radical (unpaired) electrons. The Morgan fingerprint density at radius 1 is 0.500 bits per heavy atom. The Hall–Kier alpha value is -6.54. The predicted molar refractivity (Wildman–Crippen MR) is 208 cm³/mol. The number of carbonyl (C=O) groups is 2. The van der Waals surface area contributed by atoms with Crippen LogP contribution in [0.25, 0.3) is 0 Å². The van der Waals surface area contributed by atoms with Gasteiger partial charge in [0.05, 0.1) is 45.3 Å². The summed E-state index contributed by atoms with van der Waals surface area (Å²) >= 11 is 0. The average Bonchev–Trinajstić information content (AvgIpc) is 3.14. The lowest BCUT2D eigenvalue weighted by Crippen LogP contribution is -2.18. The first kappa shape index (κ1) is 33.9. The van der Waals surface area contributed by atoms with Gasteiger partial charge in [-0.05, 0) is 93.4 Å². The van der Waals surface area contributed by atoms with E-state index in [9.17, 15) is 9.59 Å². The highest BCUT2D eigenvalue weighted by Gasteiger charge is 2.23. The minimum absolute atomic E-state index is 0.213. The van der Waals surface area contributed by atoms with Crippen molar-refractivity contribution in [2.75, 3.05) is 10.6 Å². The number of ether oxygens (including phenoxy) is 2. The molecule has 2 N–H and O–H groups in total. The van der Waals surface area contributed by atoms with E-state index >= 15 is 0 Å². The molecular weight excluding hydrogens is 649 g/mol. The normalized spacial score (nSPS) is 16.5. The maximum atomic E-state index is 14.5. The number of benzene rings is 5. The third-order valence-corrected chi connectivity index (χ3v) is 8.95. The van der Waals surface area contributed by atoms with Crippen LogP contribution in [0.2, 0.25) is 0 Å². The highest BCUT2D eigenvalue weighted by molar-refractivity contribution is 6.29. The van der Waals surface area contributed by atoms with E-state index in [2.05, 4.69) is 10.6 Å². The highest BCUT2D eigenvalue weighted by Crippen LogP contribution is 2.33. The molecule has 0 saturated heterocycles. The number of para-hydroxylation sites is 4. The molecule has 0 amide bonds. The van der Waals surface area contributed by atoms with Crippen LogP contribution in [0, 0.1) is 0 Å². The number of fused-ring (bicyclic) bond motifs is 4. The van der Waals surface area contributed by atoms with Crippen molar-refractivity contribution in [3.63, 3.8) is 0 Å². The minimum Gasteiger partial charge on any atom is -0.489 e. The zero-order valence-electron chi connectivity index (χ0n) is 29.5. The van der Waals surface area contributed by atoms with Gasteiger partial charge in [-0.2, -0.15) is 0 Å². The van der Waals surface area contributed by atoms with Crippen molar-refractivity contribution in [3.05, 3.63) is 166 Å². The van der Waals surface area contributed by atoms with Crippen LogP contribution in [-0.2, 0) is 13.2 Å². The summed E-state index contributed by atoms with van der Waals surface area (Å²) in [6, 6.07) is 37.5. The van der Waals surface area contributed by atoms with Gasteiger partial charge in [-0.1, -0.05) is 66.7 Å².